The van der Waals surface area contributed by atoms with Crippen LogP contribution in [0.15, 0.2) is 116 Å². The Morgan fingerprint density at radius 1 is 0.608 bits per heavy atom. The molecule has 25 heteroatoms. The lowest BCUT2D eigenvalue weighted by Crippen LogP contribution is -2.58. The van der Waals surface area contributed by atoms with Crippen molar-refractivity contribution in [2.75, 3.05) is 39.3 Å². The fraction of sp³-hybridized carbons (Fsp3) is 0.500. The van der Waals surface area contributed by atoms with Crippen molar-refractivity contribution in [1.82, 2.24) is 39.6 Å². The summed E-state index contributed by atoms with van der Waals surface area (Å²) < 4.78 is 29.2. The predicted octanol–water partition coefficient (Wildman–Crippen LogP) is 14.3. The molecule has 0 bridgehead atoms. The first kappa shape index (κ1) is 73.5. The highest BCUT2D eigenvalue weighted by molar-refractivity contribution is 8.18. The number of amidine groups is 2. The number of thioether (sulfide) groups is 2. The molecule has 12 rings (SSSR count). The van der Waals surface area contributed by atoms with Crippen LogP contribution in [0.5, 0.6) is 0 Å². The number of benzene rings is 4. The molecule has 4 saturated heterocycles. The molecule has 8 aliphatic rings. The number of halogens is 6. The van der Waals surface area contributed by atoms with Crippen LogP contribution in [0.4, 0.5) is 8.78 Å². The van der Waals surface area contributed by atoms with E-state index in [9.17, 15) is 42.7 Å². The summed E-state index contributed by atoms with van der Waals surface area (Å²) in [6.07, 6.45) is 5.19. The number of nitrogens with one attached hydrogen (secondary N) is 1. The number of aliphatic imine (C=N–C) groups is 2. The molecule has 520 valence electrons. The number of allylic oxidation sites excluding steroid dienone is 2. The molecule has 0 saturated carbocycles. The summed E-state index contributed by atoms with van der Waals surface area (Å²) in [4.78, 5) is 101. The average molecular weight is 1450 g/mol. The number of likely N-dealkylation sites (tertiary alicyclic amines) is 1. The first-order chi connectivity index (χ1) is 45.9. The van der Waals surface area contributed by atoms with Gasteiger partial charge in [-0.25, -0.2) is 23.6 Å². The molecule has 0 aromatic heterocycles. The second-order valence-corrected chi connectivity index (χ2v) is 30.8. The van der Waals surface area contributed by atoms with Gasteiger partial charge in [0.1, 0.15) is 38.6 Å². The molecule has 2 N–H and O–H groups in total. The monoisotopic (exact) mass is 1440 g/mol. The molecule has 17 nitrogen and oxygen atoms in total. The maximum absolute atomic E-state index is 14.9. The Morgan fingerprint density at radius 2 is 1.05 bits per heavy atom. The largest absolute Gasteiger partial charge is 0.477 e. The molecule has 0 aliphatic carbocycles. The summed E-state index contributed by atoms with van der Waals surface area (Å²) in [6.45, 7) is 26.6. The first-order valence-corrected chi connectivity index (χ1v) is 36.5. The van der Waals surface area contributed by atoms with Gasteiger partial charge >= 0.3 is 5.97 Å². The Hall–Kier alpha value is -6.20. The molecule has 4 aromatic carbocycles. The Kier molecular flexibility index (Phi) is 22.7. The van der Waals surface area contributed by atoms with E-state index >= 15 is 0 Å². The van der Waals surface area contributed by atoms with Crippen LogP contribution >= 0.6 is 69.9 Å². The fourth-order valence-electron chi connectivity index (χ4n) is 15.1. The fourth-order valence-corrected chi connectivity index (χ4v) is 18.2. The highest BCUT2D eigenvalue weighted by Gasteiger charge is 2.56. The minimum Gasteiger partial charge on any atom is -0.477 e. The lowest BCUT2D eigenvalue weighted by atomic mass is 9.81. The number of carbonyl (C=O) groups excluding carboxylic acids is 5. The van der Waals surface area contributed by atoms with Crippen molar-refractivity contribution < 1.29 is 42.7 Å². The van der Waals surface area contributed by atoms with Crippen molar-refractivity contribution in [3.05, 3.63) is 160 Å². The zero-order valence-electron chi connectivity index (χ0n) is 56.8. The molecule has 0 radical (unpaired) electrons. The number of fused-ring (bicyclic) bond motifs is 2. The third-order valence-electron chi connectivity index (χ3n) is 20.1. The normalized spacial score (nSPS) is 26.9. The van der Waals surface area contributed by atoms with Crippen LogP contribution in [0.1, 0.15) is 156 Å². The van der Waals surface area contributed by atoms with E-state index in [0.29, 0.717) is 93.8 Å². The number of hydrogen-bond donors (Lipinski definition) is 2. The van der Waals surface area contributed by atoms with Gasteiger partial charge in [-0.05, 0) is 172 Å². The summed E-state index contributed by atoms with van der Waals surface area (Å²) in [5.74, 6) is -2.03. The van der Waals surface area contributed by atoms with Gasteiger partial charge in [0.25, 0.3) is 5.91 Å². The lowest BCUT2D eigenvalue weighted by molar-refractivity contribution is -0.147. The zero-order chi connectivity index (χ0) is 70.4. The zero-order valence-corrected chi connectivity index (χ0v) is 61.5. The summed E-state index contributed by atoms with van der Waals surface area (Å²) in [5, 5.41) is 15.7. The smallest absolute Gasteiger partial charge is 0.344 e. The third-order valence-corrected chi connectivity index (χ3v) is 23.3. The van der Waals surface area contributed by atoms with Crippen molar-refractivity contribution in [1.29, 1.82) is 0 Å². The molecule has 97 heavy (non-hydrogen) atoms. The van der Waals surface area contributed by atoms with Gasteiger partial charge in [0.05, 0.1) is 28.2 Å². The molecule has 4 aromatic rings. The molecule has 4 fully saturated rings. The Balaban J connectivity index is 0.000000176. The molecule has 8 heterocycles. The van der Waals surface area contributed by atoms with E-state index in [4.69, 9.17) is 56.4 Å². The van der Waals surface area contributed by atoms with Crippen LogP contribution in [0.25, 0.3) is 0 Å². The van der Waals surface area contributed by atoms with Gasteiger partial charge in [-0.1, -0.05) is 124 Å². The number of hydrogen-bond acceptors (Lipinski definition) is 13. The molecule has 4 unspecified atom stereocenters. The Labute approximate surface area is 596 Å². The summed E-state index contributed by atoms with van der Waals surface area (Å²) >= 11 is 26.9. The van der Waals surface area contributed by atoms with E-state index in [1.54, 1.807) is 49.1 Å². The molecule has 0 spiro atoms. The standard InChI is InChI=1S/C36H42Cl2FN5O3S.C22H19Cl2FN2O2S.C14H25N3O2/c1-7-26-13-15-29(33(46)41-16-17-42(22(5)45)21(4)19-41)43(26)34(47)31-30(20(2)3)44-32(23-8-11-25(37)12-9-23)36(6,40-35(44)48-31)24-10-14-27(38)28(39)18-24;1-11(2)17-18(20(28)29)30-21-26-22(3,13-6-9-15(24)16(25)10-13)19(27(17)21)12-4-7-14(23)8-5-12;1-4-12-5-6-13(15-12)14(19)16-7-8-17(11(3)18)10(2)9-16/h8-12,14,18,20-21,26,29,32H,7,13,15-17,19H2,1-6H3;4-11,19H,1-3H3,(H,28,29);10,12-13,15H,4-9H2,1-3H3/t21-,26-,29+,32?,36?;;10-,12-,13+/m1.1/s1. The van der Waals surface area contributed by atoms with Gasteiger partial charge in [0.2, 0.25) is 23.6 Å². The number of nitrogens with zero attached hydrogens (tertiary/aromatic N) is 9. The van der Waals surface area contributed by atoms with E-state index in [-0.39, 0.29) is 86.5 Å². The highest BCUT2D eigenvalue weighted by atomic mass is 35.5. The number of amides is 5. The van der Waals surface area contributed by atoms with Crippen LogP contribution in [-0.2, 0) is 39.8 Å². The SMILES string of the molecule is CC(C)C1=C(C(=O)O)SC2=NC(C)(c3ccc(Cl)c(F)c3)C(c3ccc(Cl)cc3)N21.CC[C@@H]1CC[C@@H](C(=O)N2CCN(C(C)=O)[C@H](C)C2)N1.CC[C@@H]1CC[C@@H](C(=O)N2CCN(C(C)=O)[C@H](C)C2)N1C(=O)C1=C(C(C)C)N2C(=NC(C)(c3ccc(Cl)c(F)c3)C2c2ccc(Cl)cc2)S1. The van der Waals surface area contributed by atoms with E-state index < -0.39 is 40.8 Å². The predicted molar refractivity (Wildman–Crippen MR) is 382 cm³/mol. The number of carboxylic acid groups (broad SMARTS) is 1. The second-order valence-electron chi connectivity index (χ2n) is 27.2. The van der Waals surface area contributed by atoms with E-state index in [1.165, 1.54) is 30.0 Å². The van der Waals surface area contributed by atoms with Crippen LogP contribution in [0, 0.1) is 23.5 Å². The number of piperazine rings is 2. The van der Waals surface area contributed by atoms with Crippen LogP contribution in [-0.4, -0.2) is 161 Å². The number of aliphatic carboxylic acids is 1. The van der Waals surface area contributed by atoms with Crippen molar-refractivity contribution in [3.8, 4) is 0 Å². The third kappa shape index (κ3) is 14.6. The first-order valence-electron chi connectivity index (χ1n) is 33.4. The second kappa shape index (κ2) is 29.9. The van der Waals surface area contributed by atoms with E-state index in [2.05, 4.69) is 37.9 Å². The minimum atomic E-state index is -0.977. The van der Waals surface area contributed by atoms with Crippen LogP contribution < -0.4 is 5.32 Å². The average Bonchev–Trinajstić information content (AvgIpc) is 1.57. The van der Waals surface area contributed by atoms with Crippen LogP contribution in [0.3, 0.4) is 0 Å². The van der Waals surface area contributed by atoms with E-state index in [1.807, 2.05) is 102 Å². The topological polar surface area (TPSA) is 182 Å². The van der Waals surface area contributed by atoms with Crippen molar-refractivity contribution in [2.45, 2.75) is 181 Å². The van der Waals surface area contributed by atoms with Gasteiger partial charge in [-0.3, -0.25) is 24.0 Å². The van der Waals surface area contributed by atoms with Gasteiger partial charge < -0.3 is 44.7 Å². The lowest BCUT2D eigenvalue weighted by Gasteiger charge is -2.41. The minimum absolute atomic E-state index is 0.00221. The number of carbonyl (C=O) groups is 6. The maximum Gasteiger partial charge on any atom is 0.344 e. The highest BCUT2D eigenvalue weighted by Crippen LogP contribution is 2.58. The molecule has 10 atom stereocenters. The van der Waals surface area contributed by atoms with Crippen molar-refractivity contribution in [2.24, 2.45) is 21.8 Å². The van der Waals surface area contributed by atoms with E-state index in [0.717, 1.165) is 60.7 Å². The van der Waals surface area contributed by atoms with Crippen LogP contribution in [0.2, 0.25) is 20.1 Å². The summed E-state index contributed by atoms with van der Waals surface area (Å²) in [5.41, 5.74) is 2.91. The quantitative estimate of drug-likeness (QED) is 0.137. The Bertz CT molecular complexity index is 3860. The molecular formula is C72H86Cl4F2N10O7S2. The molecular weight excluding hydrogens is 1360 g/mol. The van der Waals surface area contributed by atoms with Crippen molar-refractivity contribution in [3.63, 3.8) is 0 Å². The van der Waals surface area contributed by atoms with Gasteiger partial charge in [-0.2, -0.15) is 0 Å². The van der Waals surface area contributed by atoms with Gasteiger partial charge in [-0.15, -0.1) is 0 Å². The summed E-state index contributed by atoms with van der Waals surface area (Å²) in [6, 6.07) is 23.5. The van der Waals surface area contributed by atoms with Gasteiger partial charge in [0.15, 0.2) is 10.3 Å². The molecule has 5 amide bonds. The summed E-state index contributed by atoms with van der Waals surface area (Å²) in [7, 11) is 0. The molecule has 8 aliphatic heterocycles. The number of rotatable bonds is 12. The van der Waals surface area contributed by atoms with Crippen molar-refractivity contribution >= 4 is 116 Å². The Morgan fingerprint density at radius 3 is 1.44 bits per heavy atom. The maximum atomic E-state index is 14.9. The van der Waals surface area contributed by atoms with Gasteiger partial charge in [0, 0.05) is 98.7 Å². The number of carboxylic acids is 1.